The molecule has 36 heavy (non-hydrogen) atoms. The number of Topliss-reactive ketones (excluding diaryl/α,β-unsaturated/α-hetero) is 1. The number of fused-ring (bicyclic) bond motifs is 4. The molecule has 0 amide bonds. The van der Waals surface area contributed by atoms with Crippen LogP contribution in [0.2, 0.25) is 0 Å². The van der Waals surface area contributed by atoms with Crippen LogP contribution in [0.5, 0.6) is 0 Å². The topological polar surface area (TPSA) is 22.0 Å². The molecule has 0 bridgehead atoms. The van der Waals surface area contributed by atoms with Gasteiger partial charge in [-0.1, -0.05) is 109 Å². The summed E-state index contributed by atoms with van der Waals surface area (Å²) >= 11 is 0. The Bertz CT molecular complexity index is 1790. The molecule has 1 aliphatic rings. The molecule has 1 aliphatic carbocycles. The lowest BCUT2D eigenvalue weighted by molar-refractivity contribution is 0.105. The molecule has 0 saturated heterocycles. The lowest BCUT2D eigenvalue weighted by Gasteiger charge is -2.11. The fourth-order valence-corrected chi connectivity index (χ4v) is 5.59. The van der Waals surface area contributed by atoms with Crippen LogP contribution < -0.4 is 0 Å². The van der Waals surface area contributed by atoms with Crippen molar-refractivity contribution in [2.75, 3.05) is 0 Å². The third kappa shape index (κ3) is 3.15. The van der Waals surface area contributed by atoms with Crippen molar-refractivity contribution in [3.8, 4) is 0 Å². The van der Waals surface area contributed by atoms with Crippen LogP contribution >= 0.6 is 0 Å². The van der Waals surface area contributed by atoms with Crippen LogP contribution in [0.15, 0.2) is 127 Å². The third-order valence-electron chi connectivity index (χ3n) is 7.21. The Hall–Kier alpha value is -4.69. The summed E-state index contributed by atoms with van der Waals surface area (Å²) in [5.41, 5.74) is 9.18. The zero-order chi connectivity index (χ0) is 24.1. The highest BCUT2D eigenvalue weighted by molar-refractivity contribution is 6.42. The van der Waals surface area contributed by atoms with Gasteiger partial charge in [0.1, 0.15) is 0 Å². The molecule has 0 aliphatic heterocycles. The van der Waals surface area contributed by atoms with E-state index >= 15 is 0 Å². The summed E-state index contributed by atoms with van der Waals surface area (Å²) in [6.07, 6.45) is 0. The Labute approximate surface area is 209 Å². The molecular formula is C34H23NO. The van der Waals surface area contributed by atoms with Crippen molar-refractivity contribution in [3.05, 3.63) is 155 Å². The van der Waals surface area contributed by atoms with Crippen LogP contribution in [0.25, 0.3) is 33.0 Å². The van der Waals surface area contributed by atoms with E-state index in [2.05, 4.69) is 83.4 Å². The van der Waals surface area contributed by atoms with E-state index in [1.807, 2.05) is 48.5 Å². The average molecular weight is 462 g/mol. The zero-order valence-corrected chi connectivity index (χ0v) is 19.7. The maximum absolute atomic E-state index is 14.0. The second-order valence-electron chi connectivity index (χ2n) is 9.32. The first kappa shape index (κ1) is 20.7. The highest BCUT2D eigenvalue weighted by Gasteiger charge is 2.32. The first-order valence-corrected chi connectivity index (χ1v) is 12.3. The Morgan fingerprint density at radius 3 is 1.78 bits per heavy atom. The molecule has 2 heteroatoms. The molecule has 170 valence electrons. The molecule has 0 fully saturated rings. The molecule has 0 saturated carbocycles. The van der Waals surface area contributed by atoms with Crippen molar-refractivity contribution >= 4 is 38.7 Å². The Kier molecular flexibility index (Phi) is 4.71. The minimum absolute atomic E-state index is 0.0943. The van der Waals surface area contributed by atoms with Gasteiger partial charge in [0.05, 0.1) is 5.52 Å². The number of nitrogens with zero attached hydrogens (tertiary/aromatic N) is 1. The van der Waals surface area contributed by atoms with Crippen LogP contribution in [0.1, 0.15) is 32.6 Å². The molecule has 1 heterocycles. The normalized spacial score (nSPS) is 13.1. The SMILES string of the molecule is O=C1C(c2ccccc2)=C(c2ccccc2)c2cc3c(cc21)c1ccccc1n3Cc1ccccc1. The maximum atomic E-state index is 14.0. The Morgan fingerprint density at radius 2 is 1.08 bits per heavy atom. The van der Waals surface area contributed by atoms with E-state index in [-0.39, 0.29) is 5.78 Å². The molecule has 5 aromatic carbocycles. The predicted molar refractivity (Wildman–Crippen MR) is 148 cm³/mol. The number of ketones is 1. The van der Waals surface area contributed by atoms with Crippen molar-refractivity contribution in [3.63, 3.8) is 0 Å². The lowest BCUT2D eigenvalue weighted by atomic mass is 9.94. The highest BCUT2D eigenvalue weighted by Crippen LogP contribution is 2.45. The largest absolute Gasteiger partial charge is 0.336 e. The summed E-state index contributed by atoms with van der Waals surface area (Å²) in [5, 5.41) is 2.30. The van der Waals surface area contributed by atoms with Gasteiger partial charge in [-0.15, -0.1) is 0 Å². The smallest absolute Gasteiger partial charge is 0.194 e. The van der Waals surface area contributed by atoms with Gasteiger partial charge in [-0.3, -0.25) is 4.79 Å². The number of aromatic nitrogens is 1. The monoisotopic (exact) mass is 461 g/mol. The van der Waals surface area contributed by atoms with Crippen LogP contribution in [0, 0.1) is 0 Å². The minimum Gasteiger partial charge on any atom is -0.336 e. The number of hydrogen-bond acceptors (Lipinski definition) is 1. The molecular weight excluding hydrogens is 438 g/mol. The molecule has 1 aromatic heterocycles. The van der Waals surface area contributed by atoms with Gasteiger partial charge in [0.2, 0.25) is 0 Å². The van der Waals surface area contributed by atoms with Gasteiger partial charge < -0.3 is 4.57 Å². The van der Waals surface area contributed by atoms with Crippen LogP contribution in [-0.2, 0) is 6.54 Å². The van der Waals surface area contributed by atoms with Gasteiger partial charge in [-0.2, -0.15) is 0 Å². The summed E-state index contributed by atoms with van der Waals surface area (Å²) in [5.74, 6) is 0.0943. The number of allylic oxidation sites excluding steroid dienone is 1. The summed E-state index contributed by atoms with van der Waals surface area (Å²) in [4.78, 5) is 14.0. The first-order chi connectivity index (χ1) is 17.8. The van der Waals surface area contributed by atoms with Crippen molar-refractivity contribution < 1.29 is 4.79 Å². The Morgan fingerprint density at radius 1 is 0.500 bits per heavy atom. The summed E-state index contributed by atoms with van der Waals surface area (Å²) < 4.78 is 2.38. The highest BCUT2D eigenvalue weighted by atomic mass is 16.1. The van der Waals surface area contributed by atoms with E-state index in [1.165, 1.54) is 16.5 Å². The van der Waals surface area contributed by atoms with Gasteiger partial charge >= 0.3 is 0 Å². The summed E-state index contributed by atoms with van der Waals surface area (Å²) in [7, 11) is 0. The molecule has 0 spiro atoms. The average Bonchev–Trinajstić information content (AvgIpc) is 3.40. The number of hydrogen-bond donors (Lipinski definition) is 0. The van der Waals surface area contributed by atoms with Crippen LogP contribution in [0.4, 0.5) is 0 Å². The van der Waals surface area contributed by atoms with Crippen molar-refractivity contribution in [2.45, 2.75) is 6.54 Å². The van der Waals surface area contributed by atoms with E-state index in [9.17, 15) is 4.79 Å². The molecule has 0 unspecified atom stereocenters. The quantitative estimate of drug-likeness (QED) is 0.261. The van der Waals surface area contributed by atoms with Gasteiger partial charge in [0.25, 0.3) is 0 Å². The molecule has 2 nitrogen and oxygen atoms in total. The molecule has 7 rings (SSSR count). The van der Waals surface area contributed by atoms with Gasteiger partial charge in [-0.05, 0) is 40.5 Å². The van der Waals surface area contributed by atoms with E-state index in [0.717, 1.165) is 50.8 Å². The molecule has 0 radical (unpaired) electrons. The number of carbonyl (C=O) groups is 1. The van der Waals surface area contributed by atoms with Crippen LogP contribution in [0.3, 0.4) is 0 Å². The minimum atomic E-state index is 0.0943. The first-order valence-electron chi connectivity index (χ1n) is 12.3. The number of benzene rings is 5. The zero-order valence-electron chi connectivity index (χ0n) is 19.7. The van der Waals surface area contributed by atoms with Crippen molar-refractivity contribution in [1.29, 1.82) is 0 Å². The van der Waals surface area contributed by atoms with Gasteiger partial charge in [0, 0.05) is 39.5 Å². The van der Waals surface area contributed by atoms with Crippen molar-refractivity contribution in [2.24, 2.45) is 0 Å². The third-order valence-corrected chi connectivity index (χ3v) is 7.21. The molecule has 0 N–H and O–H groups in total. The molecule has 6 aromatic rings. The number of carbonyl (C=O) groups excluding carboxylic acids is 1. The number of rotatable bonds is 4. The van der Waals surface area contributed by atoms with E-state index in [4.69, 9.17) is 0 Å². The second kappa shape index (κ2) is 8.21. The fourth-order valence-electron chi connectivity index (χ4n) is 5.59. The van der Waals surface area contributed by atoms with Crippen molar-refractivity contribution in [1.82, 2.24) is 4.57 Å². The summed E-state index contributed by atoms with van der Waals surface area (Å²) in [6.45, 7) is 0.771. The summed E-state index contributed by atoms with van der Waals surface area (Å²) in [6, 6.07) is 43.8. The lowest BCUT2D eigenvalue weighted by Crippen LogP contribution is -2.00. The van der Waals surface area contributed by atoms with E-state index < -0.39 is 0 Å². The van der Waals surface area contributed by atoms with Crippen LogP contribution in [-0.4, -0.2) is 10.4 Å². The van der Waals surface area contributed by atoms with Gasteiger partial charge in [0.15, 0.2) is 5.78 Å². The predicted octanol–water partition coefficient (Wildman–Crippen LogP) is 8.00. The standard InChI is InChI=1S/C34H23NO/c36-34-29-20-27-26-18-10-11-19-30(26)35(22-23-12-4-1-5-13-23)31(27)21-28(29)32(24-14-6-2-7-15-24)33(34)25-16-8-3-9-17-25/h1-21H,22H2. The number of para-hydroxylation sites is 1. The van der Waals surface area contributed by atoms with E-state index in [1.54, 1.807) is 0 Å². The van der Waals surface area contributed by atoms with Gasteiger partial charge in [-0.25, -0.2) is 0 Å². The van der Waals surface area contributed by atoms with E-state index in [0.29, 0.717) is 0 Å². The second-order valence-corrected chi connectivity index (χ2v) is 9.32. The Balaban J connectivity index is 1.54. The fraction of sp³-hybridized carbons (Fsp3) is 0.0294. The molecule has 0 atom stereocenters. The maximum Gasteiger partial charge on any atom is 0.194 e.